The van der Waals surface area contributed by atoms with Crippen molar-refractivity contribution in [2.45, 2.75) is 38.4 Å². The van der Waals surface area contributed by atoms with Gasteiger partial charge >= 0.3 is 0 Å². The van der Waals surface area contributed by atoms with E-state index in [1.165, 1.54) is 19.3 Å². The maximum atomic E-state index is 6.98. The highest BCUT2D eigenvalue weighted by atomic mass is 35.5. The van der Waals surface area contributed by atoms with Crippen molar-refractivity contribution in [3.05, 3.63) is 70.2 Å². The highest BCUT2D eigenvalue weighted by Gasteiger charge is 2.20. The monoisotopic (exact) mass is 564 g/mol. The Bertz CT molecular complexity index is 1480. The van der Waals surface area contributed by atoms with E-state index in [1.54, 1.807) is 26.6 Å². The van der Waals surface area contributed by atoms with Gasteiger partial charge in [-0.1, -0.05) is 66.0 Å². The second-order valence-electron chi connectivity index (χ2n) is 9.30. The van der Waals surface area contributed by atoms with Crippen molar-refractivity contribution in [2.24, 2.45) is 0 Å². The molecule has 202 valence electrons. The Morgan fingerprint density at radius 1 is 0.769 bits per heavy atom. The maximum Gasteiger partial charge on any atom is 0.237 e. The first-order valence-electron chi connectivity index (χ1n) is 12.8. The van der Waals surface area contributed by atoms with Crippen LogP contribution in [0.2, 0.25) is 10.0 Å². The Morgan fingerprint density at radius 3 is 1.69 bits per heavy atom. The van der Waals surface area contributed by atoms with Gasteiger partial charge in [0.05, 0.1) is 48.0 Å². The van der Waals surface area contributed by atoms with Crippen molar-refractivity contribution < 1.29 is 9.47 Å². The summed E-state index contributed by atoms with van der Waals surface area (Å²) in [5.74, 6) is 0.928. The molecule has 8 nitrogen and oxygen atoms in total. The number of nitrogens with zero attached hydrogens (tertiary/aromatic N) is 4. The summed E-state index contributed by atoms with van der Waals surface area (Å²) in [5, 5.41) is 7.60. The summed E-state index contributed by atoms with van der Waals surface area (Å²) >= 11 is 13.9. The number of benzene rings is 2. The lowest BCUT2D eigenvalue weighted by atomic mass is 9.93. The van der Waals surface area contributed by atoms with Crippen LogP contribution in [0.15, 0.2) is 48.8 Å². The third-order valence-corrected chi connectivity index (χ3v) is 7.67. The molecule has 2 heterocycles. The van der Waals surface area contributed by atoms with E-state index in [4.69, 9.17) is 37.7 Å². The molecular formula is C29H30Cl2N6O2. The molecule has 0 bridgehead atoms. The van der Waals surface area contributed by atoms with Crippen LogP contribution in [0.1, 0.15) is 30.7 Å². The van der Waals surface area contributed by atoms with E-state index >= 15 is 0 Å². The van der Waals surface area contributed by atoms with Gasteiger partial charge in [0.15, 0.2) is 0 Å². The van der Waals surface area contributed by atoms with Crippen LogP contribution in [0.3, 0.4) is 0 Å². The Balaban J connectivity index is 1.49. The molecule has 39 heavy (non-hydrogen) atoms. The topological polar surface area (TPSA) is 94.1 Å². The first-order chi connectivity index (χ1) is 19.0. The number of halogens is 2. The van der Waals surface area contributed by atoms with E-state index in [9.17, 15) is 0 Å². The van der Waals surface area contributed by atoms with Crippen LogP contribution in [0, 0.1) is 0 Å². The van der Waals surface area contributed by atoms with E-state index in [-0.39, 0.29) is 0 Å². The van der Waals surface area contributed by atoms with Gasteiger partial charge in [0.25, 0.3) is 0 Å². The predicted octanol–water partition coefficient (Wildman–Crippen LogP) is 5.95. The Labute approximate surface area is 238 Å². The van der Waals surface area contributed by atoms with Crippen molar-refractivity contribution in [3.8, 4) is 45.4 Å². The summed E-state index contributed by atoms with van der Waals surface area (Å²) < 4.78 is 11.0. The number of aromatic nitrogens is 4. The van der Waals surface area contributed by atoms with Crippen LogP contribution in [-0.2, 0) is 13.1 Å². The molecule has 0 aliphatic heterocycles. The molecule has 0 unspecified atom stereocenters. The summed E-state index contributed by atoms with van der Waals surface area (Å²) in [4.78, 5) is 18.5. The minimum absolute atomic E-state index is 0.446. The Kier molecular flexibility index (Phi) is 8.57. The van der Waals surface area contributed by atoms with Crippen LogP contribution in [0.25, 0.3) is 33.6 Å². The average Bonchev–Trinajstić information content (AvgIpc) is 2.93. The fourth-order valence-electron chi connectivity index (χ4n) is 4.52. The van der Waals surface area contributed by atoms with Crippen LogP contribution in [0.4, 0.5) is 0 Å². The molecule has 1 fully saturated rings. The van der Waals surface area contributed by atoms with Crippen LogP contribution >= 0.6 is 23.2 Å². The smallest absolute Gasteiger partial charge is 0.237 e. The molecule has 0 radical (unpaired) electrons. The van der Waals surface area contributed by atoms with E-state index in [0.717, 1.165) is 27.9 Å². The third kappa shape index (κ3) is 5.70. The molecular weight excluding hydrogens is 535 g/mol. The fourth-order valence-corrected chi connectivity index (χ4v) is 5.17. The highest BCUT2D eigenvalue weighted by Crippen LogP contribution is 2.42. The number of rotatable bonds is 10. The van der Waals surface area contributed by atoms with Crippen molar-refractivity contribution in [1.82, 2.24) is 30.6 Å². The number of hydrogen-bond acceptors (Lipinski definition) is 8. The normalized spacial score (nSPS) is 13.3. The lowest BCUT2D eigenvalue weighted by Gasteiger charge is -2.26. The van der Waals surface area contributed by atoms with Crippen molar-refractivity contribution in [3.63, 3.8) is 0 Å². The molecule has 10 heteroatoms. The summed E-state index contributed by atoms with van der Waals surface area (Å²) in [7, 11) is 5.02. The van der Waals surface area contributed by atoms with Gasteiger partial charge in [-0.15, -0.1) is 0 Å². The lowest BCUT2D eigenvalue weighted by Crippen LogP contribution is -2.34. The molecule has 0 amide bonds. The standard InChI is InChI=1S/C29H30Cl2N6O2/c1-32-13-24-28(38-2)36-22(14-34-24)20-11-5-9-18(26(20)30)19-10-6-12-21(27(19)31)23-15-35-25(29(37-23)39-3)16-33-17-7-4-8-17/h5-6,9-12,14-15,17,32-33H,4,7-8,13,16H2,1-3H3. The first kappa shape index (κ1) is 27.3. The predicted molar refractivity (Wildman–Crippen MR) is 154 cm³/mol. The van der Waals surface area contributed by atoms with Gasteiger partial charge in [0.2, 0.25) is 11.8 Å². The van der Waals surface area contributed by atoms with E-state index < -0.39 is 0 Å². The van der Waals surface area contributed by atoms with Crippen LogP contribution in [0.5, 0.6) is 11.8 Å². The van der Waals surface area contributed by atoms with Crippen molar-refractivity contribution >= 4 is 23.2 Å². The van der Waals surface area contributed by atoms with Crippen molar-refractivity contribution in [2.75, 3.05) is 21.3 Å². The number of ether oxygens (including phenoxy) is 2. The van der Waals surface area contributed by atoms with Crippen molar-refractivity contribution in [1.29, 1.82) is 0 Å². The molecule has 1 aliphatic rings. The zero-order valence-corrected chi connectivity index (χ0v) is 23.6. The second kappa shape index (κ2) is 12.3. The SMILES string of the molecule is CNCc1ncc(-c2cccc(-c3cccc(-c4cnc(CNC5CCC5)c(OC)n4)c3Cl)c2Cl)nc1OC. The number of methoxy groups -OCH3 is 2. The van der Waals surface area contributed by atoms with Gasteiger partial charge in [0, 0.05) is 41.4 Å². The van der Waals surface area contributed by atoms with Gasteiger partial charge in [-0.2, -0.15) is 0 Å². The lowest BCUT2D eigenvalue weighted by molar-refractivity contribution is 0.330. The third-order valence-electron chi connectivity index (χ3n) is 6.86. The van der Waals surface area contributed by atoms with Gasteiger partial charge in [0.1, 0.15) is 11.4 Å². The minimum atomic E-state index is 0.446. The molecule has 2 aromatic carbocycles. The molecule has 2 N–H and O–H groups in total. The van der Waals surface area contributed by atoms with Gasteiger partial charge in [-0.3, -0.25) is 9.97 Å². The average molecular weight is 566 g/mol. The minimum Gasteiger partial charge on any atom is -0.480 e. The van der Waals surface area contributed by atoms with Crippen LogP contribution in [-0.4, -0.2) is 47.2 Å². The molecule has 0 atom stereocenters. The zero-order chi connectivity index (χ0) is 27.4. The highest BCUT2D eigenvalue weighted by molar-refractivity contribution is 6.39. The molecule has 1 aliphatic carbocycles. The fraction of sp³-hybridized carbons (Fsp3) is 0.310. The first-order valence-corrected chi connectivity index (χ1v) is 13.6. The largest absolute Gasteiger partial charge is 0.480 e. The number of hydrogen-bond donors (Lipinski definition) is 2. The van der Waals surface area contributed by atoms with Gasteiger partial charge < -0.3 is 20.1 Å². The Morgan fingerprint density at radius 2 is 1.26 bits per heavy atom. The molecule has 5 rings (SSSR count). The molecule has 0 saturated heterocycles. The second-order valence-corrected chi connectivity index (χ2v) is 10.1. The van der Waals surface area contributed by atoms with E-state index in [2.05, 4.69) is 25.6 Å². The van der Waals surface area contributed by atoms with E-state index in [1.807, 2.05) is 43.4 Å². The van der Waals surface area contributed by atoms with Crippen LogP contribution < -0.4 is 20.1 Å². The molecule has 4 aromatic rings. The molecule has 2 aromatic heterocycles. The van der Waals surface area contributed by atoms with E-state index in [0.29, 0.717) is 58.0 Å². The number of nitrogens with one attached hydrogen (secondary N) is 2. The summed E-state index contributed by atoms with van der Waals surface area (Å²) in [6, 6.07) is 12.1. The molecule has 1 saturated carbocycles. The quantitative estimate of drug-likeness (QED) is 0.244. The molecule has 0 spiro atoms. The van der Waals surface area contributed by atoms with Gasteiger partial charge in [-0.05, 0) is 19.9 Å². The summed E-state index contributed by atoms with van der Waals surface area (Å²) in [6.45, 7) is 1.15. The summed E-state index contributed by atoms with van der Waals surface area (Å²) in [6.07, 6.45) is 7.09. The Hall–Kier alpha value is -3.30. The summed E-state index contributed by atoms with van der Waals surface area (Å²) in [5.41, 5.74) is 5.70. The maximum absolute atomic E-state index is 6.98. The zero-order valence-electron chi connectivity index (χ0n) is 22.1. The van der Waals surface area contributed by atoms with Gasteiger partial charge in [-0.25, -0.2) is 9.97 Å².